The Labute approximate surface area is 132 Å². The number of hydrogen-bond acceptors (Lipinski definition) is 2. The van der Waals surface area contributed by atoms with Crippen molar-refractivity contribution in [3.8, 4) is 0 Å². The maximum atomic E-state index is 12.5. The number of likely N-dealkylation sites (tertiary alicyclic amines) is 1. The van der Waals surface area contributed by atoms with E-state index in [-0.39, 0.29) is 11.8 Å². The van der Waals surface area contributed by atoms with Crippen molar-refractivity contribution < 1.29 is 9.59 Å². The Hall–Kier alpha value is -1.84. The number of piperidine rings is 2. The van der Waals surface area contributed by atoms with E-state index in [1.165, 1.54) is 0 Å². The molecule has 0 aromatic heterocycles. The quantitative estimate of drug-likeness (QED) is 0.842. The molecule has 0 N–H and O–H groups in total. The Balaban J connectivity index is 1.68. The van der Waals surface area contributed by atoms with Crippen LogP contribution < -0.4 is 4.90 Å². The number of benzene rings is 1. The Morgan fingerprint density at radius 2 is 1.73 bits per heavy atom. The molecule has 4 nitrogen and oxygen atoms in total. The summed E-state index contributed by atoms with van der Waals surface area (Å²) >= 11 is 0. The van der Waals surface area contributed by atoms with Gasteiger partial charge in [-0.2, -0.15) is 0 Å². The van der Waals surface area contributed by atoms with Gasteiger partial charge in [-0.15, -0.1) is 0 Å². The van der Waals surface area contributed by atoms with Gasteiger partial charge in [-0.1, -0.05) is 6.92 Å². The minimum absolute atomic E-state index is 0.114. The van der Waals surface area contributed by atoms with Gasteiger partial charge in [0.15, 0.2) is 0 Å². The van der Waals surface area contributed by atoms with Crippen LogP contribution in [-0.4, -0.2) is 36.3 Å². The Morgan fingerprint density at radius 1 is 1.05 bits per heavy atom. The van der Waals surface area contributed by atoms with Gasteiger partial charge in [0.25, 0.3) is 5.91 Å². The van der Waals surface area contributed by atoms with E-state index in [4.69, 9.17) is 0 Å². The van der Waals surface area contributed by atoms with E-state index in [0.29, 0.717) is 6.42 Å². The SMILES string of the molecule is CC1CCN(C(=O)c2ccc(N3CCCCC3=O)cc2)CC1. The highest BCUT2D eigenvalue weighted by molar-refractivity contribution is 5.97. The fourth-order valence-corrected chi connectivity index (χ4v) is 3.26. The first kappa shape index (κ1) is 15.1. The lowest BCUT2D eigenvalue weighted by Gasteiger charge is -2.30. The molecule has 2 heterocycles. The summed E-state index contributed by atoms with van der Waals surface area (Å²) in [7, 11) is 0. The van der Waals surface area contributed by atoms with E-state index in [1.807, 2.05) is 34.1 Å². The highest BCUT2D eigenvalue weighted by Crippen LogP contribution is 2.23. The number of carbonyl (C=O) groups excluding carboxylic acids is 2. The van der Waals surface area contributed by atoms with Crippen molar-refractivity contribution in [1.29, 1.82) is 0 Å². The van der Waals surface area contributed by atoms with Crippen molar-refractivity contribution in [2.45, 2.75) is 39.0 Å². The summed E-state index contributed by atoms with van der Waals surface area (Å²) in [5, 5.41) is 0. The molecule has 2 aliphatic heterocycles. The third-order valence-corrected chi connectivity index (χ3v) is 4.82. The lowest BCUT2D eigenvalue weighted by molar-refractivity contribution is -0.119. The number of anilines is 1. The van der Waals surface area contributed by atoms with Crippen LogP contribution in [0, 0.1) is 5.92 Å². The van der Waals surface area contributed by atoms with Gasteiger partial charge in [0.1, 0.15) is 0 Å². The lowest BCUT2D eigenvalue weighted by atomic mass is 9.98. The van der Waals surface area contributed by atoms with Crippen LogP contribution in [-0.2, 0) is 4.79 Å². The molecular formula is C18H24N2O2. The van der Waals surface area contributed by atoms with Crippen LogP contribution in [0.5, 0.6) is 0 Å². The zero-order valence-corrected chi connectivity index (χ0v) is 13.3. The van der Waals surface area contributed by atoms with Crippen molar-refractivity contribution in [3.05, 3.63) is 29.8 Å². The second-order valence-electron chi connectivity index (χ2n) is 6.52. The Morgan fingerprint density at radius 3 is 2.36 bits per heavy atom. The molecule has 118 valence electrons. The van der Waals surface area contributed by atoms with Crippen LogP contribution in [0.1, 0.15) is 49.4 Å². The molecule has 3 rings (SSSR count). The van der Waals surface area contributed by atoms with Crippen molar-refractivity contribution in [3.63, 3.8) is 0 Å². The van der Waals surface area contributed by atoms with Crippen LogP contribution in [0.3, 0.4) is 0 Å². The lowest BCUT2D eigenvalue weighted by Crippen LogP contribution is -2.38. The molecule has 0 radical (unpaired) electrons. The highest BCUT2D eigenvalue weighted by Gasteiger charge is 2.23. The largest absolute Gasteiger partial charge is 0.339 e. The molecule has 0 atom stereocenters. The molecule has 1 aromatic carbocycles. The van der Waals surface area contributed by atoms with E-state index >= 15 is 0 Å². The number of hydrogen-bond donors (Lipinski definition) is 0. The van der Waals surface area contributed by atoms with Crippen LogP contribution in [0.2, 0.25) is 0 Å². The van der Waals surface area contributed by atoms with Gasteiger partial charge >= 0.3 is 0 Å². The molecule has 2 fully saturated rings. The minimum atomic E-state index is 0.114. The normalized spacial score (nSPS) is 20.3. The van der Waals surface area contributed by atoms with Crippen molar-refractivity contribution in [1.82, 2.24) is 4.90 Å². The van der Waals surface area contributed by atoms with Gasteiger partial charge in [-0.05, 0) is 55.9 Å². The predicted octanol–water partition coefficient (Wildman–Crippen LogP) is 3.08. The van der Waals surface area contributed by atoms with Gasteiger partial charge in [0.05, 0.1) is 0 Å². The van der Waals surface area contributed by atoms with Crippen molar-refractivity contribution in [2.75, 3.05) is 24.5 Å². The van der Waals surface area contributed by atoms with E-state index in [2.05, 4.69) is 6.92 Å². The maximum absolute atomic E-state index is 12.5. The van der Waals surface area contributed by atoms with E-state index in [1.54, 1.807) is 0 Å². The van der Waals surface area contributed by atoms with Crippen LogP contribution in [0.25, 0.3) is 0 Å². The molecule has 0 unspecified atom stereocenters. The van der Waals surface area contributed by atoms with E-state index < -0.39 is 0 Å². The molecule has 0 saturated carbocycles. The van der Waals surface area contributed by atoms with Gasteiger partial charge < -0.3 is 9.80 Å². The zero-order valence-electron chi connectivity index (χ0n) is 13.3. The summed E-state index contributed by atoms with van der Waals surface area (Å²) in [5.41, 5.74) is 1.64. The van der Waals surface area contributed by atoms with Crippen molar-refractivity contribution >= 4 is 17.5 Å². The highest BCUT2D eigenvalue weighted by atomic mass is 16.2. The van der Waals surface area contributed by atoms with Crippen LogP contribution >= 0.6 is 0 Å². The first-order valence-corrected chi connectivity index (χ1v) is 8.35. The average molecular weight is 300 g/mol. The topological polar surface area (TPSA) is 40.6 Å². The maximum Gasteiger partial charge on any atom is 0.253 e. The smallest absolute Gasteiger partial charge is 0.253 e. The second kappa shape index (κ2) is 6.51. The molecule has 2 saturated heterocycles. The Bertz CT molecular complexity index is 545. The van der Waals surface area contributed by atoms with E-state index in [9.17, 15) is 9.59 Å². The first-order valence-electron chi connectivity index (χ1n) is 8.35. The number of rotatable bonds is 2. The fraction of sp³-hybridized carbons (Fsp3) is 0.556. The standard InChI is InChI=1S/C18H24N2O2/c1-14-9-12-19(13-10-14)18(22)15-5-7-16(8-6-15)20-11-3-2-4-17(20)21/h5-8,14H,2-4,9-13H2,1H3. The molecule has 2 aliphatic rings. The minimum Gasteiger partial charge on any atom is -0.339 e. The summed E-state index contributed by atoms with van der Waals surface area (Å²) in [6.45, 7) is 4.74. The summed E-state index contributed by atoms with van der Waals surface area (Å²) < 4.78 is 0. The number of carbonyl (C=O) groups is 2. The predicted molar refractivity (Wildman–Crippen MR) is 86.9 cm³/mol. The second-order valence-corrected chi connectivity index (χ2v) is 6.52. The van der Waals surface area contributed by atoms with Crippen LogP contribution in [0.4, 0.5) is 5.69 Å². The first-order chi connectivity index (χ1) is 10.6. The average Bonchev–Trinajstić information content (AvgIpc) is 2.56. The third kappa shape index (κ3) is 3.16. The molecule has 2 amide bonds. The molecule has 0 spiro atoms. The van der Waals surface area contributed by atoms with Crippen LogP contribution in [0.15, 0.2) is 24.3 Å². The summed E-state index contributed by atoms with van der Waals surface area (Å²) in [4.78, 5) is 28.2. The van der Waals surface area contributed by atoms with Gasteiger partial charge in [0.2, 0.25) is 5.91 Å². The fourth-order valence-electron chi connectivity index (χ4n) is 3.26. The van der Waals surface area contributed by atoms with Gasteiger partial charge in [-0.25, -0.2) is 0 Å². The molecular weight excluding hydrogens is 276 g/mol. The molecule has 1 aromatic rings. The molecule has 4 heteroatoms. The summed E-state index contributed by atoms with van der Waals surface area (Å²) in [6.07, 6.45) is 4.85. The third-order valence-electron chi connectivity index (χ3n) is 4.82. The molecule has 0 bridgehead atoms. The van der Waals surface area contributed by atoms with E-state index in [0.717, 1.165) is 62.5 Å². The monoisotopic (exact) mass is 300 g/mol. The molecule has 22 heavy (non-hydrogen) atoms. The zero-order chi connectivity index (χ0) is 15.5. The summed E-state index contributed by atoms with van der Waals surface area (Å²) in [6, 6.07) is 7.53. The number of amides is 2. The van der Waals surface area contributed by atoms with Gasteiger partial charge in [0, 0.05) is 37.3 Å². The summed E-state index contributed by atoms with van der Waals surface area (Å²) in [5.74, 6) is 1.02. The molecule has 0 aliphatic carbocycles. The Kier molecular flexibility index (Phi) is 4.46. The van der Waals surface area contributed by atoms with Gasteiger partial charge in [-0.3, -0.25) is 9.59 Å². The number of nitrogens with zero attached hydrogens (tertiary/aromatic N) is 2. The van der Waals surface area contributed by atoms with Crippen molar-refractivity contribution in [2.24, 2.45) is 5.92 Å².